The first-order chi connectivity index (χ1) is 13.1. The van der Waals surface area contributed by atoms with Crippen molar-refractivity contribution in [2.45, 2.75) is 13.8 Å². The molecule has 0 aliphatic heterocycles. The standard InChI is InChI=1S/C22H20N2O2S/c1-4-26-20-10-7-16(12-21(20)25-3)11-18(13-23)22-24-19(14-27-22)17-8-5-15(2)6-9-17/h5-12,14H,4H2,1-3H3/b18-11+. The Morgan fingerprint density at radius 3 is 2.63 bits per heavy atom. The molecule has 1 aromatic heterocycles. The van der Waals surface area contributed by atoms with Crippen LogP contribution in [0, 0.1) is 18.3 Å². The second kappa shape index (κ2) is 8.52. The van der Waals surface area contributed by atoms with Crippen LogP contribution in [-0.2, 0) is 0 Å². The molecule has 0 unspecified atom stereocenters. The zero-order valence-corrected chi connectivity index (χ0v) is 16.3. The third-order valence-electron chi connectivity index (χ3n) is 4.00. The minimum atomic E-state index is 0.518. The van der Waals surface area contributed by atoms with Gasteiger partial charge in [-0.05, 0) is 37.6 Å². The van der Waals surface area contributed by atoms with Crippen molar-refractivity contribution in [1.82, 2.24) is 4.98 Å². The molecule has 4 nitrogen and oxygen atoms in total. The van der Waals surface area contributed by atoms with Crippen LogP contribution in [0.5, 0.6) is 11.5 Å². The topological polar surface area (TPSA) is 55.1 Å². The highest BCUT2D eigenvalue weighted by Gasteiger charge is 2.10. The highest BCUT2D eigenvalue weighted by Crippen LogP contribution is 2.31. The number of aromatic nitrogens is 1. The molecule has 0 fully saturated rings. The molecule has 0 N–H and O–H groups in total. The molecule has 0 aliphatic carbocycles. The Morgan fingerprint density at radius 1 is 1.19 bits per heavy atom. The molecule has 3 aromatic rings. The van der Waals surface area contributed by atoms with Gasteiger partial charge in [-0.2, -0.15) is 5.26 Å². The summed E-state index contributed by atoms with van der Waals surface area (Å²) < 4.78 is 10.9. The minimum absolute atomic E-state index is 0.518. The third kappa shape index (κ3) is 4.36. The Balaban J connectivity index is 1.91. The van der Waals surface area contributed by atoms with E-state index in [0.29, 0.717) is 28.7 Å². The van der Waals surface area contributed by atoms with Gasteiger partial charge in [0, 0.05) is 10.9 Å². The van der Waals surface area contributed by atoms with Gasteiger partial charge in [-0.15, -0.1) is 11.3 Å². The number of rotatable bonds is 6. The van der Waals surface area contributed by atoms with Gasteiger partial charge >= 0.3 is 0 Å². The van der Waals surface area contributed by atoms with Gasteiger partial charge in [-0.1, -0.05) is 35.9 Å². The lowest BCUT2D eigenvalue weighted by Gasteiger charge is -2.09. The summed E-state index contributed by atoms with van der Waals surface area (Å²) in [5.41, 5.74) is 4.50. The maximum Gasteiger partial charge on any atom is 0.161 e. The molecular weight excluding hydrogens is 356 g/mol. The van der Waals surface area contributed by atoms with Crippen LogP contribution in [0.1, 0.15) is 23.1 Å². The van der Waals surface area contributed by atoms with Crippen LogP contribution in [0.4, 0.5) is 0 Å². The highest BCUT2D eigenvalue weighted by atomic mass is 32.1. The quantitative estimate of drug-likeness (QED) is 0.526. The smallest absolute Gasteiger partial charge is 0.161 e. The van der Waals surface area contributed by atoms with E-state index in [0.717, 1.165) is 16.8 Å². The summed E-state index contributed by atoms with van der Waals surface area (Å²) in [4.78, 5) is 4.64. The first-order valence-electron chi connectivity index (χ1n) is 8.60. The Kier molecular flexibility index (Phi) is 5.90. The van der Waals surface area contributed by atoms with Crippen LogP contribution < -0.4 is 9.47 Å². The van der Waals surface area contributed by atoms with Crippen LogP contribution in [0.15, 0.2) is 47.8 Å². The largest absolute Gasteiger partial charge is 0.493 e. The summed E-state index contributed by atoms with van der Waals surface area (Å²) in [6.07, 6.45) is 1.82. The van der Waals surface area contributed by atoms with Gasteiger partial charge in [0.05, 0.1) is 25.0 Å². The van der Waals surface area contributed by atoms with Gasteiger partial charge in [-0.3, -0.25) is 0 Å². The van der Waals surface area contributed by atoms with Gasteiger partial charge in [0.2, 0.25) is 0 Å². The fourth-order valence-electron chi connectivity index (χ4n) is 2.61. The maximum absolute atomic E-state index is 9.61. The Morgan fingerprint density at radius 2 is 1.96 bits per heavy atom. The van der Waals surface area contributed by atoms with Crippen molar-refractivity contribution in [3.05, 3.63) is 64.0 Å². The normalized spacial score (nSPS) is 11.1. The number of methoxy groups -OCH3 is 1. The van der Waals surface area contributed by atoms with Gasteiger partial charge in [0.15, 0.2) is 11.5 Å². The van der Waals surface area contributed by atoms with Gasteiger partial charge < -0.3 is 9.47 Å². The number of allylic oxidation sites excluding steroid dienone is 1. The number of benzene rings is 2. The number of thiazole rings is 1. The maximum atomic E-state index is 9.61. The summed E-state index contributed by atoms with van der Waals surface area (Å²) in [7, 11) is 1.60. The van der Waals surface area contributed by atoms with E-state index in [9.17, 15) is 5.26 Å². The first kappa shape index (κ1) is 18.7. The molecule has 2 aromatic carbocycles. The van der Waals surface area contributed by atoms with Crippen molar-refractivity contribution in [3.8, 4) is 28.8 Å². The minimum Gasteiger partial charge on any atom is -0.493 e. The molecular formula is C22H20N2O2S. The van der Waals surface area contributed by atoms with Crippen LogP contribution in [0.2, 0.25) is 0 Å². The average Bonchev–Trinajstić information content (AvgIpc) is 3.17. The predicted molar refractivity (Wildman–Crippen MR) is 110 cm³/mol. The van der Waals surface area contributed by atoms with Gasteiger partial charge in [0.1, 0.15) is 11.1 Å². The monoisotopic (exact) mass is 376 g/mol. The van der Waals surface area contributed by atoms with E-state index < -0.39 is 0 Å². The number of nitriles is 1. The fourth-order valence-corrected chi connectivity index (χ4v) is 3.41. The van der Waals surface area contributed by atoms with E-state index in [2.05, 4.69) is 30.1 Å². The lowest BCUT2D eigenvalue weighted by atomic mass is 10.1. The zero-order chi connectivity index (χ0) is 19.2. The summed E-state index contributed by atoms with van der Waals surface area (Å²) in [5.74, 6) is 1.33. The second-order valence-electron chi connectivity index (χ2n) is 5.92. The summed E-state index contributed by atoms with van der Waals surface area (Å²) in [6.45, 7) is 4.54. The van der Waals surface area contributed by atoms with Crippen molar-refractivity contribution < 1.29 is 9.47 Å². The van der Waals surface area contributed by atoms with Crippen LogP contribution in [0.25, 0.3) is 22.9 Å². The van der Waals surface area contributed by atoms with Crippen molar-refractivity contribution in [2.75, 3.05) is 13.7 Å². The third-order valence-corrected chi connectivity index (χ3v) is 4.88. The van der Waals surface area contributed by atoms with E-state index in [1.165, 1.54) is 16.9 Å². The van der Waals surface area contributed by atoms with Crippen molar-refractivity contribution in [3.63, 3.8) is 0 Å². The van der Waals surface area contributed by atoms with Crippen molar-refractivity contribution >= 4 is 23.0 Å². The van der Waals surface area contributed by atoms with E-state index in [1.54, 1.807) is 7.11 Å². The first-order valence-corrected chi connectivity index (χ1v) is 9.48. The average molecular weight is 376 g/mol. The van der Waals surface area contributed by atoms with E-state index >= 15 is 0 Å². The number of hydrogen-bond acceptors (Lipinski definition) is 5. The van der Waals surface area contributed by atoms with Crippen LogP contribution in [0.3, 0.4) is 0 Å². The predicted octanol–water partition coefficient (Wildman–Crippen LogP) is 5.59. The number of hydrogen-bond donors (Lipinski definition) is 0. The Bertz CT molecular complexity index is 998. The molecule has 136 valence electrons. The molecule has 0 spiro atoms. The molecule has 5 heteroatoms. The Labute approximate surface area is 163 Å². The summed E-state index contributed by atoms with van der Waals surface area (Å²) in [5, 5.41) is 12.3. The lowest BCUT2D eigenvalue weighted by molar-refractivity contribution is 0.311. The fraction of sp³-hybridized carbons (Fsp3) is 0.182. The lowest BCUT2D eigenvalue weighted by Crippen LogP contribution is -1.95. The molecule has 0 saturated heterocycles. The Hall–Kier alpha value is -3.10. The molecule has 0 saturated carbocycles. The molecule has 0 amide bonds. The van der Waals surface area contributed by atoms with Gasteiger partial charge in [-0.25, -0.2) is 4.98 Å². The van der Waals surface area contributed by atoms with Gasteiger partial charge in [0.25, 0.3) is 0 Å². The number of nitrogens with zero attached hydrogens (tertiary/aromatic N) is 2. The summed E-state index contributed by atoms with van der Waals surface area (Å²) >= 11 is 1.46. The molecule has 0 atom stereocenters. The molecule has 0 aliphatic rings. The highest BCUT2D eigenvalue weighted by molar-refractivity contribution is 7.11. The number of ether oxygens (including phenoxy) is 2. The molecule has 1 heterocycles. The van der Waals surface area contributed by atoms with Crippen LogP contribution >= 0.6 is 11.3 Å². The zero-order valence-electron chi connectivity index (χ0n) is 15.5. The van der Waals surface area contributed by atoms with Crippen molar-refractivity contribution in [2.24, 2.45) is 0 Å². The van der Waals surface area contributed by atoms with E-state index in [4.69, 9.17) is 9.47 Å². The second-order valence-corrected chi connectivity index (χ2v) is 6.78. The van der Waals surface area contributed by atoms with Crippen molar-refractivity contribution in [1.29, 1.82) is 5.26 Å². The number of aryl methyl sites for hydroxylation is 1. The molecule has 3 rings (SSSR count). The van der Waals surface area contributed by atoms with Crippen LogP contribution in [-0.4, -0.2) is 18.7 Å². The van der Waals surface area contributed by atoms with E-state index in [1.807, 2.05) is 48.7 Å². The SMILES string of the molecule is CCOc1ccc(/C=C(\C#N)c2nc(-c3ccc(C)cc3)cs2)cc1OC. The molecule has 0 bridgehead atoms. The molecule has 0 radical (unpaired) electrons. The summed E-state index contributed by atoms with van der Waals surface area (Å²) in [6, 6.07) is 16.1. The molecule has 27 heavy (non-hydrogen) atoms. The van der Waals surface area contributed by atoms with E-state index in [-0.39, 0.29) is 0 Å².